The van der Waals surface area contributed by atoms with Crippen LogP contribution in [0.3, 0.4) is 0 Å². The van der Waals surface area contributed by atoms with E-state index in [9.17, 15) is 4.79 Å². The first-order chi connectivity index (χ1) is 8.70. The minimum absolute atomic E-state index is 0.244. The minimum atomic E-state index is -0.307. The van der Waals surface area contributed by atoms with Crippen molar-refractivity contribution < 1.29 is 9.32 Å². The van der Waals surface area contributed by atoms with E-state index in [2.05, 4.69) is 10.5 Å². The number of hydrogen-bond acceptors (Lipinski definition) is 3. The molecular formula is C12H12ClN3O2. The number of carbonyl (C=O) groups is 1. The molecule has 0 aliphatic carbocycles. The van der Waals surface area contributed by atoms with Gasteiger partial charge in [-0.15, -0.1) is 11.6 Å². The molecule has 1 heterocycles. The molecule has 2 aromatic rings. The third kappa shape index (κ3) is 2.81. The zero-order valence-corrected chi connectivity index (χ0v) is 10.5. The summed E-state index contributed by atoms with van der Waals surface area (Å²) < 4.78 is 4.92. The fourth-order valence-electron chi connectivity index (χ4n) is 1.39. The van der Waals surface area contributed by atoms with E-state index < -0.39 is 0 Å². The van der Waals surface area contributed by atoms with Gasteiger partial charge in [0, 0.05) is 18.8 Å². The van der Waals surface area contributed by atoms with E-state index in [1.165, 1.54) is 4.90 Å². The van der Waals surface area contributed by atoms with E-state index in [0.717, 1.165) is 5.69 Å². The van der Waals surface area contributed by atoms with Crippen molar-refractivity contribution in [2.45, 2.75) is 5.88 Å². The second-order valence-corrected chi connectivity index (χ2v) is 3.91. The maximum absolute atomic E-state index is 11.9. The molecule has 0 unspecified atom stereocenters. The van der Waals surface area contributed by atoms with E-state index in [0.29, 0.717) is 5.69 Å². The molecule has 5 nitrogen and oxygen atoms in total. The number of rotatable bonds is 3. The lowest BCUT2D eigenvalue weighted by molar-refractivity contribution is 0.257. The molecular weight excluding hydrogens is 254 g/mol. The van der Waals surface area contributed by atoms with Gasteiger partial charge in [-0.1, -0.05) is 23.4 Å². The van der Waals surface area contributed by atoms with E-state index in [-0.39, 0.29) is 17.8 Å². The van der Waals surface area contributed by atoms with Crippen LogP contribution in [0.25, 0.3) is 0 Å². The molecule has 1 aromatic carbocycles. The summed E-state index contributed by atoms with van der Waals surface area (Å²) in [6.45, 7) is 0. The Morgan fingerprint density at radius 2 is 2.17 bits per heavy atom. The van der Waals surface area contributed by atoms with Crippen molar-refractivity contribution in [2.24, 2.45) is 0 Å². The lowest BCUT2D eigenvalue weighted by Crippen LogP contribution is -2.30. The Morgan fingerprint density at radius 3 is 2.78 bits per heavy atom. The summed E-state index contributed by atoms with van der Waals surface area (Å²) in [6, 6.07) is 10.6. The molecule has 0 spiro atoms. The number of benzene rings is 1. The number of halogens is 1. The summed E-state index contributed by atoms with van der Waals surface area (Å²) in [5, 5.41) is 6.27. The summed E-state index contributed by atoms with van der Waals surface area (Å²) in [5.41, 5.74) is 1.36. The Morgan fingerprint density at radius 1 is 1.44 bits per heavy atom. The van der Waals surface area contributed by atoms with Crippen LogP contribution < -0.4 is 10.2 Å². The maximum atomic E-state index is 11.9. The zero-order chi connectivity index (χ0) is 13.0. The fourth-order valence-corrected chi connectivity index (χ4v) is 1.52. The van der Waals surface area contributed by atoms with Crippen LogP contribution in [0.5, 0.6) is 0 Å². The third-order valence-corrected chi connectivity index (χ3v) is 2.65. The molecule has 2 amide bonds. The lowest BCUT2D eigenvalue weighted by Gasteiger charge is -2.16. The van der Waals surface area contributed by atoms with Crippen molar-refractivity contribution in [1.29, 1.82) is 0 Å². The third-order valence-electron chi connectivity index (χ3n) is 2.37. The van der Waals surface area contributed by atoms with Crippen molar-refractivity contribution in [1.82, 2.24) is 5.16 Å². The van der Waals surface area contributed by atoms with Gasteiger partial charge in [0.25, 0.3) is 0 Å². The Labute approximate surface area is 109 Å². The molecule has 0 aliphatic rings. The summed E-state index contributed by atoms with van der Waals surface area (Å²) in [7, 11) is 1.67. The monoisotopic (exact) mass is 265 g/mol. The first-order valence-electron chi connectivity index (χ1n) is 5.32. The summed E-state index contributed by atoms with van der Waals surface area (Å²) >= 11 is 5.59. The topological polar surface area (TPSA) is 58.4 Å². The second kappa shape index (κ2) is 5.55. The number of alkyl halides is 1. The van der Waals surface area contributed by atoms with Gasteiger partial charge < -0.3 is 4.52 Å². The number of nitrogens with one attached hydrogen (secondary N) is 1. The van der Waals surface area contributed by atoms with E-state index in [1.54, 1.807) is 13.1 Å². The molecule has 0 atom stereocenters. The summed E-state index contributed by atoms with van der Waals surface area (Å²) in [4.78, 5) is 13.4. The van der Waals surface area contributed by atoms with Crippen LogP contribution in [0.2, 0.25) is 0 Å². The Hall–Kier alpha value is -2.01. The van der Waals surface area contributed by atoms with Gasteiger partial charge in [0.05, 0.1) is 5.88 Å². The van der Waals surface area contributed by atoms with Crippen LogP contribution in [-0.2, 0) is 5.88 Å². The molecule has 0 saturated heterocycles. The largest absolute Gasteiger partial charge is 0.338 e. The number of aromatic nitrogens is 1. The number of anilines is 2. The fraction of sp³-hybridized carbons (Fsp3) is 0.167. The molecule has 2 rings (SSSR count). The number of urea groups is 1. The molecule has 0 saturated carbocycles. The van der Waals surface area contributed by atoms with Crippen LogP contribution in [0.1, 0.15) is 5.69 Å². The predicted octanol–water partition coefficient (Wildman–Crippen LogP) is 3.08. The molecule has 94 valence electrons. The summed E-state index contributed by atoms with van der Waals surface area (Å²) in [6.07, 6.45) is 0. The molecule has 0 fully saturated rings. The van der Waals surface area contributed by atoms with Gasteiger partial charge in [-0.05, 0) is 12.1 Å². The number of hydrogen-bond donors (Lipinski definition) is 1. The summed E-state index contributed by atoms with van der Waals surface area (Å²) in [5.74, 6) is 0.520. The molecule has 0 radical (unpaired) electrons. The number of para-hydroxylation sites is 1. The van der Waals surface area contributed by atoms with Gasteiger partial charge in [0.15, 0.2) is 0 Å². The van der Waals surface area contributed by atoms with Crippen molar-refractivity contribution in [3.8, 4) is 0 Å². The Balaban J connectivity index is 2.04. The van der Waals surface area contributed by atoms with Gasteiger partial charge in [0.2, 0.25) is 5.88 Å². The maximum Gasteiger partial charge on any atom is 0.328 e. The second-order valence-electron chi connectivity index (χ2n) is 3.64. The van der Waals surface area contributed by atoms with Gasteiger partial charge in [-0.3, -0.25) is 10.2 Å². The first-order valence-corrected chi connectivity index (χ1v) is 5.85. The SMILES string of the molecule is CN(C(=O)Nc1cc(CCl)no1)c1ccccc1. The van der Waals surface area contributed by atoms with Crippen molar-refractivity contribution in [3.63, 3.8) is 0 Å². The standard InChI is InChI=1S/C12H12ClN3O2/c1-16(10-5-3-2-4-6-10)12(17)14-11-7-9(8-13)15-18-11/h2-7H,8H2,1H3,(H,14,17). The molecule has 0 bridgehead atoms. The van der Waals surface area contributed by atoms with Crippen LogP contribution in [-0.4, -0.2) is 18.2 Å². The highest BCUT2D eigenvalue weighted by Crippen LogP contribution is 2.15. The van der Waals surface area contributed by atoms with Gasteiger partial charge in [-0.25, -0.2) is 4.79 Å². The van der Waals surface area contributed by atoms with Crippen molar-refractivity contribution in [3.05, 3.63) is 42.1 Å². The zero-order valence-electron chi connectivity index (χ0n) is 9.76. The van der Waals surface area contributed by atoms with Crippen LogP contribution in [0.4, 0.5) is 16.4 Å². The predicted molar refractivity (Wildman–Crippen MR) is 69.9 cm³/mol. The van der Waals surface area contributed by atoms with Crippen LogP contribution in [0.15, 0.2) is 40.9 Å². The smallest absolute Gasteiger partial charge is 0.328 e. The highest BCUT2D eigenvalue weighted by atomic mass is 35.5. The number of amides is 2. The average Bonchev–Trinajstić information content (AvgIpc) is 2.86. The van der Waals surface area contributed by atoms with Crippen molar-refractivity contribution in [2.75, 3.05) is 17.3 Å². The van der Waals surface area contributed by atoms with Gasteiger partial charge in [-0.2, -0.15) is 0 Å². The van der Waals surface area contributed by atoms with E-state index in [4.69, 9.17) is 16.1 Å². The van der Waals surface area contributed by atoms with Crippen LogP contribution in [0, 0.1) is 0 Å². The minimum Gasteiger partial charge on any atom is -0.338 e. The Bertz CT molecular complexity index is 527. The number of nitrogens with zero attached hydrogens (tertiary/aromatic N) is 2. The highest BCUT2D eigenvalue weighted by molar-refractivity contribution is 6.16. The van der Waals surface area contributed by atoms with Crippen molar-refractivity contribution >= 4 is 29.2 Å². The highest BCUT2D eigenvalue weighted by Gasteiger charge is 2.13. The Kier molecular flexibility index (Phi) is 3.84. The van der Waals surface area contributed by atoms with E-state index >= 15 is 0 Å². The molecule has 18 heavy (non-hydrogen) atoms. The average molecular weight is 266 g/mol. The first kappa shape index (κ1) is 12.4. The normalized spacial score (nSPS) is 10.1. The molecule has 1 N–H and O–H groups in total. The molecule has 0 aliphatic heterocycles. The quantitative estimate of drug-likeness (QED) is 0.868. The number of carbonyl (C=O) groups excluding carboxylic acids is 1. The molecule has 6 heteroatoms. The lowest BCUT2D eigenvalue weighted by atomic mass is 10.3. The molecule has 1 aromatic heterocycles. The van der Waals surface area contributed by atoms with Crippen LogP contribution >= 0.6 is 11.6 Å². The van der Waals surface area contributed by atoms with E-state index in [1.807, 2.05) is 30.3 Å². The van der Waals surface area contributed by atoms with Gasteiger partial charge in [0.1, 0.15) is 5.69 Å². The van der Waals surface area contributed by atoms with Gasteiger partial charge >= 0.3 is 6.03 Å².